The van der Waals surface area contributed by atoms with E-state index in [9.17, 15) is 19.3 Å². The molecule has 1 saturated heterocycles. The number of ether oxygens (including phenoxy) is 1. The Bertz CT molecular complexity index is 1220. The van der Waals surface area contributed by atoms with Crippen LogP contribution in [-0.4, -0.2) is 22.9 Å². The molecule has 1 amide bonds. The van der Waals surface area contributed by atoms with Crippen molar-refractivity contribution in [1.82, 2.24) is 5.32 Å². The fourth-order valence-corrected chi connectivity index (χ4v) is 5.09. The van der Waals surface area contributed by atoms with Gasteiger partial charge in [0.15, 0.2) is 5.54 Å². The molecule has 5 rings (SSSR count). The monoisotopic (exact) mass is 447 g/mol. The zero-order valence-electron chi connectivity index (χ0n) is 17.8. The van der Waals surface area contributed by atoms with E-state index in [1.165, 1.54) is 12.1 Å². The minimum atomic E-state index is -1.43. The molecule has 2 aliphatic heterocycles. The van der Waals surface area contributed by atoms with E-state index in [4.69, 9.17) is 4.74 Å². The van der Waals surface area contributed by atoms with Crippen molar-refractivity contribution >= 4 is 11.6 Å². The third kappa shape index (κ3) is 3.43. The first-order valence-electron chi connectivity index (χ1n) is 10.7. The number of rotatable bonds is 5. The van der Waals surface area contributed by atoms with Gasteiger partial charge in [0.05, 0.1) is 5.92 Å². The third-order valence-corrected chi connectivity index (χ3v) is 6.55. The molecular formula is C25H22FN3O4. The normalized spacial score (nSPS) is 25.6. The summed E-state index contributed by atoms with van der Waals surface area (Å²) in [6, 6.07) is 18.8. The maximum atomic E-state index is 13.1. The molecule has 0 aromatic heterocycles. The number of amides is 1. The van der Waals surface area contributed by atoms with Gasteiger partial charge in [-0.05, 0) is 48.4 Å². The molecule has 0 aliphatic carbocycles. The second-order valence-corrected chi connectivity index (χ2v) is 8.48. The van der Waals surface area contributed by atoms with Gasteiger partial charge in [-0.2, -0.15) is 0 Å². The number of fused-ring (bicyclic) bond motifs is 2. The Kier molecular flexibility index (Phi) is 5.09. The van der Waals surface area contributed by atoms with E-state index in [1.54, 1.807) is 60.7 Å². The predicted molar refractivity (Wildman–Crippen MR) is 120 cm³/mol. The lowest BCUT2D eigenvalue weighted by molar-refractivity contribution is -0.532. The van der Waals surface area contributed by atoms with Gasteiger partial charge in [-0.15, -0.1) is 0 Å². The molecule has 3 aromatic carbocycles. The van der Waals surface area contributed by atoms with Gasteiger partial charge in [-0.3, -0.25) is 20.2 Å². The largest absolute Gasteiger partial charge is 0.489 e. The van der Waals surface area contributed by atoms with Crippen LogP contribution in [0.25, 0.3) is 0 Å². The summed E-state index contributed by atoms with van der Waals surface area (Å²) in [5.41, 5.74) is 1.35. The zero-order valence-corrected chi connectivity index (χ0v) is 17.8. The third-order valence-electron chi connectivity index (χ3n) is 6.55. The molecule has 4 atom stereocenters. The Morgan fingerprint density at radius 3 is 2.45 bits per heavy atom. The van der Waals surface area contributed by atoms with Gasteiger partial charge in [0.25, 0.3) is 11.9 Å². The first-order valence-corrected chi connectivity index (χ1v) is 10.7. The molecule has 2 N–H and O–H groups in total. The van der Waals surface area contributed by atoms with E-state index in [0.717, 1.165) is 11.1 Å². The first kappa shape index (κ1) is 21.1. The first-order chi connectivity index (χ1) is 15.9. The SMILES string of the molecule is C[C@@H]1N[C@]2(C(=O)Nc3ccccc32)[C@H]([N+](=O)[O-])[C@H]1c1ccc(OCc2ccc(F)cc2)cc1. The van der Waals surface area contributed by atoms with E-state index < -0.39 is 23.4 Å². The van der Waals surface area contributed by atoms with Crippen LogP contribution in [0.1, 0.15) is 29.5 Å². The Morgan fingerprint density at radius 1 is 1.06 bits per heavy atom. The standard InChI is InChI=1S/C25H22FN3O4/c1-15-22(17-8-12-19(13-9-17)33-14-16-6-10-18(26)11-7-16)23(29(31)32)25(28-15)20-4-2-3-5-21(20)27-24(25)30/h2-13,15,22-23,28H,14H2,1H3,(H,27,30)/t15-,22+,23+,25-/m0/s1. The van der Waals surface area contributed by atoms with Crippen molar-refractivity contribution in [2.24, 2.45) is 0 Å². The van der Waals surface area contributed by atoms with Crippen LogP contribution < -0.4 is 15.4 Å². The molecule has 2 heterocycles. The molecule has 33 heavy (non-hydrogen) atoms. The highest BCUT2D eigenvalue weighted by Gasteiger charge is 2.67. The number of benzene rings is 3. The molecular weight excluding hydrogens is 425 g/mol. The molecule has 1 spiro atoms. The van der Waals surface area contributed by atoms with Crippen molar-refractivity contribution in [1.29, 1.82) is 0 Å². The molecule has 3 aromatic rings. The highest BCUT2D eigenvalue weighted by molar-refractivity contribution is 6.07. The van der Waals surface area contributed by atoms with Crippen LogP contribution in [0.3, 0.4) is 0 Å². The van der Waals surface area contributed by atoms with Crippen LogP contribution >= 0.6 is 0 Å². The van der Waals surface area contributed by atoms with Crippen molar-refractivity contribution < 1.29 is 18.8 Å². The summed E-state index contributed by atoms with van der Waals surface area (Å²) < 4.78 is 18.8. The van der Waals surface area contributed by atoms with Crippen molar-refractivity contribution in [2.75, 3.05) is 5.32 Å². The summed E-state index contributed by atoms with van der Waals surface area (Å²) in [4.78, 5) is 25.1. The second-order valence-electron chi connectivity index (χ2n) is 8.48. The van der Waals surface area contributed by atoms with Gasteiger partial charge in [0.1, 0.15) is 18.2 Å². The minimum absolute atomic E-state index is 0.276. The Balaban J connectivity index is 1.42. The number of nitro groups is 1. The second kappa shape index (κ2) is 7.97. The lowest BCUT2D eigenvalue weighted by atomic mass is 9.78. The number of hydrogen-bond donors (Lipinski definition) is 2. The molecule has 0 radical (unpaired) electrons. The summed E-state index contributed by atoms with van der Waals surface area (Å²) in [7, 11) is 0. The summed E-state index contributed by atoms with van der Waals surface area (Å²) in [6.07, 6.45) is 0. The molecule has 1 fully saturated rings. The quantitative estimate of drug-likeness (QED) is 0.456. The lowest BCUT2D eigenvalue weighted by Crippen LogP contribution is -2.54. The maximum absolute atomic E-state index is 13.1. The summed E-state index contributed by atoms with van der Waals surface area (Å²) in [5.74, 6) is -0.640. The van der Waals surface area contributed by atoms with Gasteiger partial charge in [-0.25, -0.2) is 4.39 Å². The number of nitrogens with one attached hydrogen (secondary N) is 2. The molecule has 168 valence electrons. The van der Waals surface area contributed by atoms with Gasteiger partial charge in [-0.1, -0.05) is 42.5 Å². The fraction of sp³-hybridized carbons (Fsp3) is 0.240. The fourth-order valence-electron chi connectivity index (χ4n) is 5.09. The zero-order chi connectivity index (χ0) is 23.2. The average Bonchev–Trinajstić information content (AvgIpc) is 3.27. The van der Waals surface area contributed by atoms with E-state index in [0.29, 0.717) is 17.0 Å². The van der Waals surface area contributed by atoms with Crippen molar-refractivity contribution in [3.63, 3.8) is 0 Å². The van der Waals surface area contributed by atoms with E-state index >= 15 is 0 Å². The van der Waals surface area contributed by atoms with E-state index in [-0.39, 0.29) is 23.4 Å². The summed E-state index contributed by atoms with van der Waals surface area (Å²) in [5, 5.41) is 18.4. The van der Waals surface area contributed by atoms with Crippen LogP contribution in [0, 0.1) is 15.9 Å². The van der Waals surface area contributed by atoms with Crippen molar-refractivity contribution in [3.05, 3.63) is 105 Å². The van der Waals surface area contributed by atoms with Gasteiger partial charge >= 0.3 is 0 Å². The molecule has 2 aliphatic rings. The summed E-state index contributed by atoms with van der Waals surface area (Å²) in [6.45, 7) is 2.14. The maximum Gasteiger partial charge on any atom is 0.256 e. The minimum Gasteiger partial charge on any atom is -0.489 e. The Morgan fingerprint density at radius 2 is 1.76 bits per heavy atom. The van der Waals surface area contributed by atoms with Crippen molar-refractivity contribution in [2.45, 2.75) is 37.1 Å². The molecule has 7 nitrogen and oxygen atoms in total. The average molecular weight is 447 g/mol. The van der Waals surface area contributed by atoms with Gasteiger partial charge < -0.3 is 10.1 Å². The number of nitrogens with zero attached hydrogens (tertiary/aromatic N) is 1. The number of carbonyl (C=O) groups excluding carboxylic acids is 1. The molecule has 0 saturated carbocycles. The predicted octanol–water partition coefficient (Wildman–Crippen LogP) is 3.97. The highest BCUT2D eigenvalue weighted by atomic mass is 19.1. The smallest absolute Gasteiger partial charge is 0.256 e. The van der Waals surface area contributed by atoms with Crippen molar-refractivity contribution in [3.8, 4) is 5.75 Å². The Hall–Kier alpha value is -3.78. The van der Waals surface area contributed by atoms with E-state index in [2.05, 4.69) is 10.6 Å². The van der Waals surface area contributed by atoms with Crippen LogP contribution in [0.4, 0.5) is 10.1 Å². The van der Waals surface area contributed by atoms with Crippen LogP contribution in [-0.2, 0) is 16.9 Å². The highest BCUT2D eigenvalue weighted by Crippen LogP contribution is 2.49. The molecule has 0 bridgehead atoms. The lowest BCUT2D eigenvalue weighted by Gasteiger charge is -2.25. The van der Waals surface area contributed by atoms with Crippen LogP contribution in [0.2, 0.25) is 0 Å². The van der Waals surface area contributed by atoms with Crippen LogP contribution in [0.5, 0.6) is 5.75 Å². The molecule has 0 unspecified atom stereocenters. The Labute approximate surface area is 189 Å². The van der Waals surface area contributed by atoms with Gasteiger partial charge in [0.2, 0.25) is 0 Å². The van der Waals surface area contributed by atoms with E-state index in [1.807, 2.05) is 6.92 Å². The number of halogens is 1. The van der Waals surface area contributed by atoms with Crippen LogP contribution in [0.15, 0.2) is 72.8 Å². The van der Waals surface area contributed by atoms with Gasteiger partial charge in [0, 0.05) is 22.2 Å². The number of hydrogen-bond acceptors (Lipinski definition) is 5. The summed E-state index contributed by atoms with van der Waals surface area (Å²) >= 11 is 0. The number of para-hydroxylation sites is 1. The molecule has 8 heteroatoms. The number of carbonyl (C=O) groups is 1. The topological polar surface area (TPSA) is 93.5 Å². The number of anilines is 1.